The van der Waals surface area contributed by atoms with E-state index in [4.69, 9.17) is 0 Å². The van der Waals surface area contributed by atoms with Crippen molar-refractivity contribution in [2.75, 3.05) is 19.6 Å². The monoisotopic (exact) mass is 278 g/mol. The predicted molar refractivity (Wildman–Crippen MR) is 81.5 cm³/mol. The van der Waals surface area contributed by atoms with Gasteiger partial charge in [0.2, 0.25) is 5.91 Å². The number of carbonyl (C=O) groups is 1. The molecule has 3 heteroatoms. The summed E-state index contributed by atoms with van der Waals surface area (Å²) in [5.41, 5.74) is 0. The molecule has 1 N–H and O–H groups in total. The zero-order valence-corrected chi connectivity index (χ0v) is 12.8. The molecule has 20 heavy (non-hydrogen) atoms. The topological polar surface area (TPSA) is 32.3 Å². The van der Waals surface area contributed by atoms with Gasteiger partial charge in [0.25, 0.3) is 0 Å². The molecular formula is C17H30N2O. The molecule has 1 aliphatic heterocycles. The zero-order chi connectivity index (χ0) is 13.8. The normalized spacial score (nSPS) is 28.3. The van der Waals surface area contributed by atoms with Gasteiger partial charge >= 0.3 is 0 Å². The second-order valence-electron chi connectivity index (χ2n) is 7.20. The molecule has 0 aromatic rings. The third-order valence-electron chi connectivity index (χ3n) is 5.35. The van der Waals surface area contributed by atoms with E-state index in [0.717, 1.165) is 32.0 Å². The molecule has 0 aromatic heterocycles. The van der Waals surface area contributed by atoms with Gasteiger partial charge in [-0.3, -0.25) is 4.79 Å². The first-order valence-corrected chi connectivity index (χ1v) is 8.83. The number of amides is 1. The Hall–Kier alpha value is -0.570. The molecule has 1 heterocycles. The van der Waals surface area contributed by atoms with Gasteiger partial charge in [0.1, 0.15) is 0 Å². The molecular weight excluding hydrogens is 248 g/mol. The fourth-order valence-electron chi connectivity index (χ4n) is 3.95. The summed E-state index contributed by atoms with van der Waals surface area (Å²) in [6, 6.07) is 0.598. The molecule has 0 radical (unpaired) electrons. The number of hydrogen-bond acceptors (Lipinski definition) is 2. The molecule has 1 amide bonds. The third kappa shape index (κ3) is 3.97. The second-order valence-corrected chi connectivity index (χ2v) is 7.20. The van der Waals surface area contributed by atoms with Crippen LogP contribution in [-0.4, -0.2) is 36.5 Å². The summed E-state index contributed by atoms with van der Waals surface area (Å²) in [6.45, 7) is 3.25. The Morgan fingerprint density at radius 1 is 0.950 bits per heavy atom. The molecule has 1 atom stereocenters. The maximum Gasteiger partial charge on any atom is 0.223 e. The van der Waals surface area contributed by atoms with Crippen molar-refractivity contribution in [2.24, 2.45) is 11.8 Å². The first-order chi connectivity index (χ1) is 9.83. The van der Waals surface area contributed by atoms with Crippen molar-refractivity contribution in [2.45, 2.75) is 70.3 Å². The molecule has 3 aliphatic rings. The number of hydrogen-bond donors (Lipinski definition) is 1. The number of piperidine rings is 1. The average Bonchev–Trinajstić information content (AvgIpc) is 3.31. The average molecular weight is 278 g/mol. The van der Waals surface area contributed by atoms with E-state index < -0.39 is 0 Å². The van der Waals surface area contributed by atoms with Gasteiger partial charge in [-0.25, -0.2) is 0 Å². The lowest BCUT2D eigenvalue weighted by molar-refractivity contribution is -0.133. The van der Waals surface area contributed by atoms with Crippen LogP contribution in [0.5, 0.6) is 0 Å². The van der Waals surface area contributed by atoms with Crippen LogP contribution in [0.2, 0.25) is 0 Å². The molecule has 0 spiro atoms. The molecule has 2 aliphatic carbocycles. The van der Waals surface area contributed by atoms with E-state index in [-0.39, 0.29) is 0 Å². The van der Waals surface area contributed by atoms with Crippen molar-refractivity contribution in [1.29, 1.82) is 0 Å². The fraction of sp³-hybridized carbons (Fsp3) is 0.941. The Bertz CT molecular complexity index is 315. The molecule has 3 fully saturated rings. The summed E-state index contributed by atoms with van der Waals surface area (Å²) in [7, 11) is 0. The van der Waals surface area contributed by atoms with Crippen molar-refractivity contribution in [3.05, 3.63) is 0 Å². The van der Waals surface area contributed by atoms with Crippen molar-refractivity contribution in [3.63, 3.8) is 0 Å². The van der Waals surface area contributed by atoms with Crippen molar-refractivity contribution >= 4 is 5.91 Å². The van der Waals surface area contributed by atoms with Crippen LogP contribution in [0.4, 0.5) is 0 Å². The van der Waals surface area contributed by atoms with Crippen LogP contribution in [-0.2, 0) is 4.79 Å². The zero-order valence-electron chi connectivity index (χ0n) is 12.8. The highest BCUT2D eigenvalue weighted by Gasteiger charge is 2.34. The number of rotatable bonds is 5. The van der Waals surface area contributed by atoms with Gasteiger partial charge in [0.15, 0.2) is 0 Å². The minimum absolute atomic E-state index is 0.451. The van der Waals surface area contributed by atoms with Crippen LogP contribution in [0.1, 0.15) is 64.2 Å². The SMILES string of the molecule is O=C(CC1CCCNC1)N(CC1CCCCC1)C1CC1. The van der Waals surface area contributed by atoms with Gasteiger partial charge in [0, 0.05) is 19.0 Å². The van der Waals surface area contributed by atoms with E-state index in [1.165, 1.54) is 57.8 Å². The smallest absolute Gasteiger partial charge is 0.223 e. The lowest BCUT2D eigenvalue weighted by Gasteiger charge is -2.32. The molecule has 1 unspecified atom stereocenters. The molecule has 0 aromatic carbocycles. The van der Waals surface area contributed by atoms with E-state index in [2.05, 4.69) is 10.2 Å². The molecule has 3 nitrogen and oxygen atoms in total. The third-order valence-corrected chi connectivity index (χ3v) is 5.35. The predicted octanol–water partition coefficient (Wildman–Crippen LogP) is 2.95. The second kappa shape index (κ2) is 6.93. The molecule has 2 saturated carbocycles. The quantitative estimate of drug-likeness (QED) is 0.838. The highest BCUT2D eigenvalue weighted by Crippen LogP contribution is 2.32. The van der Waals surface area contributed by atoms with E-state index >= 15 is 0 Å². The van der Waals surface area contributed by atoms with Crippen LogP contribution in [0.25, 0.3) is 0 Å². The first-order valence-electron chi connectivity index (χ1n) is 8.83. The Kier molecular flexibility index (Phi) is 4.98. The minimum Gasteiger partial charge on any atom is -0.339 e. The van der Waals surface area contributed by atoms with Crippen LogP contribution in [0.3, 0.4) is 0 Å². The number of carbonyl (C=O) groups excluding carboxylic acids is 1. The maximum absolute atomic E-state index is 12.7. The first kappa shape index (κ1) is 14.4. The molecule has 1 saturated heterocycles. The fourth-order valence-corrected chi connectivity index (χ4v) is 3.95. The van der Waals surface area contributed by atoms with Crippen LogP contribution < -0.4 is 5.32 Å². The Morgan fingerprint density at radius 2 is 1.70 bits per heavy atom. The van der Waals surface area contributed by atoms with Gasteiger partial charge in [0.05, 0.1) is 0 Å². The summed E-state index contributed by atoms with van der Waals surface area (Å²) in [4.78, 5) is 14.9. The van der Waals surface area contributed by atoms with E-state index in [1.807, 2.05) is 0 Å². The largest absolute Gasteiger partial charge is 0.339 e. The van der Waals surface area contributed by atoms with Crippen LogP contribution in [0.15, 0.2) is 0 Å². The molecule has 114 valence electrons. The van der Waals surface area contributed by atoms with E-state index in [1.54, 1.807) is 0 Å². The summed E-state index contributed by atoms with van der Waals surface area (Å²) in [6.07, 6.45) is 12.6. The van der Waals surface area contributed by atoms with E-state index in [0.29, 0.717) is 17.9 Å². The maximum atomic E-state index is 12.7. The Morgan fingerprint density at radius 3 is 2.35 bits per heavy atom. The summed E-state index contributed by atoms with van der Waals surface area (Å²) < 4.78 is 0. The van der Waals surface area contributed by atoms with Crippen molar-refractivity contribution in [3.8, 4) is 0 Å². The highest BCUT2D eigenvalue weighted by molar-refractivity contribution is 5.77. The van der Waals surface area contributed by atoms with Gasteiger partial charge in [-0.15, -0.1) is 0 Å². The number of nitrogens with one attached hydrogen (secondary N) is 1. The van der Waals surface area contributed by atoms with E-state index in [9.17, 15) is 4.79 Å². The Labute approximate surface area is 123 Å². The summed E-state index contributed by atoms with van der Waals surface area (Å²) >= 11 is 0. The standard InChI is InChI=1S/C17H30N2O/c20-17(11-15-7-4-10-18-12-15)19(16-8-9-16)13-14-5-2-1-3-6-14/h14-16,18H,1-13H2. The van der Waals surface area contributed by atoms with Gasteiger partial charge in [-0.2, -0.15) is 0 Å². The minimum atomic E-state index is 0.451. The van der Waals surface area contributed by atoms with Gasteiger partial charge in [-0.1, -0.05) is 19.3 Å². The van der Waals surface area contributed by atoms with Crippen LogP contribution in [0, 0.1) is 11.8 Å². The van der Waals surface area contributed by atoms with Gasteiger partial charge in [-0.05, 0) is 63.5 Å². The van der Waals surface area contributed by atoms with Crippen LogP contribution >= 0.6 is 0 Å². The van der Waals surface area contributed by atoms with Gasteiger partial charge < -0.3 is 10.2 Å². The van der Waals surface area contributed by atoms with Crippen molar-refractivity contribution in [1.82, 2.24) is 10.2 Å². The highest BCUT2D eigenvalue weighted by atomic mass is 16.2. The Balaban J connectivity index is 1.51. The van der Waals surface area contributed by atoms with Crippen molar-refractivity contribution < 1.29 is 4.79 Å². The summed E-state index contributed by atoms with van der Waals surface area (Å²) in [5.74, 6) is 1.83. The number of nitrogens with zero attached hydrogens (tertiary/aromatic N) is 1. The molecule has 3 rings (SSSR count). The lowest BCUT2D eigenvalue weighted by Crippen LogP contribution is -2.40. The summed E-state index contributed by atoms with van der Waals surface area (Å²) in [5, 5.41) is 3.43. The molecule has 0 bridgehead atoms. The lowest BCUT2D eigenvalue weighted by atomic mass is 9.88.